The minimum absolute atomic E-state index is 0.0914. The second-order valence-electron chi connectivity index (χ2n) is 10.5. The Labute approximate surface area is 228 Å². The zero-order valence-corrected chi connectivity index (χ0v) is 22.4. The Kier molecular flexibility index (Phi) is 8.23. The molecular weight excluding hydrogens is 498 g/mol. The highest BCUT2D eigenvalue weighted by molar-refractivity contribution is 5.94. The number of hydrogen-bond acceptors (Lipinski definition) is 8. The number of aliphatic hydroxyl groups is 1. The van der Waals surface area contributed by atoms with Gasteiger partial charge in [0.15, 0.2) is 12.2 Å². The SMILES string of the molecule is CC(=O)N1CC(Cc2cc(C(=O)NC[C@H](O)CN3CCc4c(ccc(OCc5cnco5)c4C)C3)ccn2)C1. The number of likely N-dealkylation sites (tertiary alicyclic amines) is 1. The van der Waals surface area contributed by atoms with Crippen LogP contribution in [0.25, 0.3) is 0 Å². The summed E-state index contributed by atoms with van der Waals surface area (Å²) in [4.78, 5) is 36.4. The summed E-state index contributed by atoms with van der Waals surface area (Å²) in [5.41, 5.74) is 5.01. The highest BCUT2D eigenvalue weighted by Gasteiger charge is 2.29. The predicted octanol–water partition coefficient (Wildman–Crippen LogP) is 2.13. The zero-order chi connectivity index (χ0) is 27.4. The number of pyridine rings is 1. The Bertz CT molecular complexity index is 1310. The van der Waals surface area contributed by atoms with Crippen LogP contribution in [-0.2, 0) is 30.8 Å². The summed E-state index contributed by atoms with van der Waals surface area (Å²) < 4.78 is 11.2. The molecule has 2 aliphatic heterocycles. The van der Waals surface area contributed by atoms with E-state index in [-0.39, 0.29) is 18.4 Å². The van der Waals surface area contributed by atoms with Crippen LogP contribution in [0.1, 0.15) is 45.4 Å². The number of β-amino-alcohol motifs (C(OH)–C–C–N with tert-alkyl or cyclic N) is 1. The molecule has 0 aliphatic carbocycles. The quantitative estimate of drug-likeness (QED) is 0.407. The summed E-state index contributed by atoms with van der Waals surface area (Å²) in [6.45, 7) is 7.66. The lowest BCUT2D eigenvalue weighted by Crippen LogP contribution is -2.49. The molecule has 10 heteroatoms. The van der Waals surface area contributed by atoms with Gasteiger partial charge in [-0.2, -0.15) is 0 Å². The molecule has 39 heavy (non-hydrogen) atoms. The van der Waals surface area contributed by atoms with Crippen molar-refractivity contribution in [3.63, 3.8) is 0 Å². The normalized spacial score (nSPS) is 16.3. The number of rotatable bonds is 10. The first-order chi connectivity index (χ1) is 18.9. The average molecular weight is 534 g/mol. The largest absolute Gasteiger partial charge is 0.485 e. The van der Waals surface area contributed by atoms with Gasteiger partial charge in [0.05, 0.1) is 12.3 Å². The summed E-state index contributed by atoms with van der Waals surface area (Å²) in [7, 11) is 0. The smallest absolute Gasteiger partial charge is 0.251 e. The number of benzene rings is 1. The van der Waals surface area contributed by atoms with Gasteiger partial charge in [-0.05, 0) is 60.6 Å². The number of oxazole rings is 1. The van der Waals surface area contributed by atoms with Crippen LogP contribution in [0, 0.1) is 12.8 Å². The molecular formula is C29H35N5O5. The van der Waals surface area contributed by atoms with Crippen molar-refractivity contribution in [2.45, 2.75) is 45.9 Å². The Morgan fingerprint density at radius 1 is 1.28 bits per heavy atom. The topological polar surface area (TPSA) is 121 Å². The summed E-state index contributed by atoms with van der Waals surface area (Å²) in [5.74, 6) is 1.76. The number of aliphatic hydroxyl groups excluding tert-OH is 1. The number of carbonyl (C=O) groups is 2. The maximum absolute atomic E-state index is 12.7. The molecule has 5 rings (SSSR count). The van der Waals surface area contributed by atoms with Crippen LogP contribution in [0.5, 0.6) is 5.75 Å². The summed E-state index contributed by atoms with van der Waals surface area (Å²) in [6.07, 6.45) is 5.59. The third-order valence-electron chi connectivity index (χ3n) is 7.52. The number of hydrogen-bond donors (Lipinski definition) is 2. The van der Waals surface area contributed by atoms with E-state index in [1.54, 1.807) is 36.4 Å². The minimum Gasteiger partial charge on any atom is -0.485 e. The summed E-state index contributed by atoms with van der Waals surface area (Å²) >= 11 is 0. The number of fused-ring (bicyclic) bond motifs is 1. The first-order valence-electron chi connectivity index (χ1n) is 13.4. The maximum atomic E-state index is 12.7. The molecule has 3 aromatic rings. The van der Waals surface area contributed by atoms with Crippen LogP contribution in [0.2, 0.25) is 0 Å². The average Bonchev–Trinajstić information content (AvgIpc) is 3.42. The molecule has 2 aromatic heterocycles. The van der Waals surface area contributed by atoms with Gasteiger partial charge >= 0.3 is 0 Å². The fraction of sp³-hybridized carbons (Fsp3) is 0.448. The van der Waals surface area contributed by atoms with Crippen LogP contribution < -0.4 is 10.1 Å². The Morgan fingerprint density at radius 3 is 2.90 bits per heavy atom. The highest BCUT2D eigenvalue weighted by atomic mass is 16.5. The molecule has 2 N–H and O–H groups in total. The van der Waals surface area contributed by atoms with Crippen molar-refractivity contribution in [1.29, 1.82) is 0 Å². The number of carbonyl (C=O) groups excluding carboxylic acids is 2. The van der Waals surface area contributed by atoms with E-state index in [4.69, 9.17) is 9.15 Å². The van der Waals surface area contributed by atoms with Crippen molar-refractivity contribution in [2.75, 3.05) is 32.7 Å². The van der Waals surface area contributed by atoms with Crippen molar-refractivity contribution in [1.82, 2.24) is 25.1 Å². The van der Waals surface area contributed by atoms with E-state index in [0.29, 0.717) is 30.4 Å². The highest BCUT2D eigenvalue weighted by Crippen LogP contribution is 2.30. The van der Waals surface area contributed by atoms with Crippen LogP contribution in [0.15, 0.2) is 47.5 Å². The number of amides is 2. The van der Waals surface area contributed by atoms with Crippen LogP contribution >= 0.6 is 0 Å². The van der Waals surface area contributed by atoms with Crippen molar-refractivity contribution >= 4 is 11.8 Å². The van der Waals surface area contributed by atoms with Crippen LogP contribution in [-0.4, -0.2) is 75.5 Å². The standard InChI is InChI=1S/C29H35N5O5/c1-19-27-6-8-33(15-23(27)3-4-28(19)38-17-26-12-30-18-39-26)16-25(36)11-32-29(37)22-5-7-31-24(10-22)9-21-13-34(14-21)20(2)35/h3-5,7,10,12,18,21,25,36H,6,8-9,11,13-17H2,1-2H3,(H,32,37)/t25-/m0/s1. The second kappa shape index (κ2) is 12.0. The van der Waals surface area contributed by atoms with Gasteiger partial charge in [-0.15, -0.1) is 0 Å². The third kappa shape index (κ3) is 6.63. The fourth-order valence-corrected chi connectivity index (χ4v) is 5.31. The van der Waals surface area contributed by atoms with Crippen LogP contribution in [0.3, 0.4) is 0 Å². The number of nitrogens with zero attached hydrogens (tertiary/aromatic N) is 4. The van der Waals surface area contributed by atoms with Crippen molar-refractivity contribution in [3.8, 4) is 5.75 Å². The molecule has 4 heterocycles. The molecule has 0 bridgehead atoms. The van der Waals surface area contributed by atoms with Crippen molar-refractivity contribution < 1.29 is 23.8 Å². The lowest BCUT2D eigenvalue weighted by Gasteiger charge is -2.38. The second-order valence-corrected chi connectivity index (χ2v) is 10.5. The third-order valence-corrected chi connectivity index (χ3v) is 7.52. The zero-order valence-electron chi connectivity index (χ0n) is 22.4. The molecule has 0 spiro atoms. The van der Waals surface area contributed by atoms with Gasteiger partial charge < -0.3 is 24.5 Å². The number of aromatic nitrogens is 2. The molecule has 1 saturated heterocycles. The Balaban J connectivity index is 1.08. The van der Waals surface area contributed by atoms with Crippen molar-refractivity contribution in [2.24, 2.45) is 5.92 Å². The molecule has 2 aliphatic rings. The molecule has 1 fully saturated rings. The van der Waals surface area contributed by atoms with Gasteiger partial charge in [-0.3, -0.25) is 19.5 Å². The van der Waals surface area contributed by atoms with E-state index in [2.05, 4.69) is 33.2 Å². The van der Waals surface area contributed by atoms with E-state index in [9.17, 15) is 14.7 Å². The summed E-state index contributed by atoms with van der Waals surface area (Å²) in [5, 5.41) is 13.5. The Hall–Kier alpha value is -3.76. The number of ether oxygens (including phenoxy) is 1. The van der Waals surface area contributed by atoms with Gasteiger partial charge in [0.25, 0.3) is 5.91 Å². The lowest BCUT2D eigenvalue weighted by molar-refractivity contribution is -0.134. The molecule has 0 radical (unpaired) electrons. The minimum atomic E-state index is -0.685. The number of nitrogens with one attached hydrogen (secondary N) is 1. The monoisotopic (exact) mass is 533 g/mol. The molecule has 1 aromatic carbocycles. The van der Waals surface area contributed by atoms with Gasteiger partial charge in [0.2, 0.25) is 5.91 Å². The van der Waals surface area contributed by atoms with E-state index in [1.807, 2.05) is 6.07 Å². The van der Waals surface area contributed by atoms with Gasteiger partial charge in [-0.25, -0.2) is 4.98 Å². The molecule has 0 saturated carbocycles. The van der Waals surface area contributed by atoms with E-state index >= 15 is 0 Å². The molecule has 0 unspecified atom stereocenters. The van der Waals surface area contributed by atoms with Gasteiger partial charge in [-0.1, -0.05) is 6.07 Å². The predicted molar refractivity (Wildman–Crippen MR) is 143 cm³/mol. The first kappa shape index (κ1) is 26.8. The van der Waals surface area contributed by atoms with Gasteiger partial charge in [0.1, 0.15) is 12.4 Å². The first-order valence-corrected chi connectivity index (χ1v) is 13.4. The molecule has 2 amide bonds. The van der Waals surface area contributed by atoms with Crippen molar-refractivity contribution in [3.05, 3.63) is 76.8 Å². The van der Waals surface area contributed by atoms with Crippen LogP contribution in [0.4, 0.5) is 0 Å². The molecule has 206 valence electrons. The van der Waals surface area contributed by atoms with E-state index in [1.165, 1.54) is 17.5 Å². The van der Waals surface area contributed by atoms with E-state index in [0.717, 1.165) is 56.0 Å². The van der Waals surface area contributed by atoms with Gasteiger partial charge in [0, 0.05) is 63.6 Å². The lowest BCUT2D eigenvalue weighted by atomic mass is 9.94. The molecule has 1 atom stereocenters. The molecule has 10 nitrogen and oxygen atoms in total. The maximum Gasteiger partial charge on any atom is 0.251 e. The fourth-order valence-electron chi connectivity index (χ4n) is 5.31. The van der Waals surface area contributed by atoms with E-state index < -0.39 is 6.10 Å². The Morgan fingerprint density at radius 2 is 2.13 bits per heavy atom. The summed E-state index contributed by atoms with van der Waals surface area (Å²) in [6, 6.07) is 7.55.